The summed E-state index contributed by atoms with van der Waals surface area (Å²) in [5, 5.41) is 7.79. The summed E-state index contributed by atoms with van der Waals surface area (Å²) in [7, 11) is -3.80. The van der Waals surface area contributed by atoms with E-state index in [2.05, 4.69) is 14.9 Å². The first-order chi connectivity index (χ1) is 11.3. The van der Waals surface area contributed by atoms with E-state index in [0.717, 1.165) is 11.3 Å². The molecule has 2 aromatic heterocycles. The molecule has 0 aliphatic carbocycles. The molecule has 0 radical (unpaired) electrons. The van der Waals surface area contributed by atoms with Crippen molar-refractivity contribution in [2.24, 2.45) is 0 Å². The number of nitrogens with zero attached hydrogens (tertiary/aromatic N) is 1. The van der Waals surface area contributed by atoms with Gasteiger partial charge in [0.1, 0.15) is 10.0 Å². The molecule has 0 fully saturated rings. The van der Waals surface area contributed by atoms with Gasteiger partial charge in [0.05, 0.1) is 11.4 Å². The maximum Gasteiger partial charge on any atom is 0.271 e. The number of aryl methyl sites for hydroxylation is 1. The third-order valence-electron chi connectivity index (χ3n) is 3.25. The van der Waals surface area contributed by atoms with Crippen molar-refractivity contribution in [2.75, 3.05) is 4.72 Å². The van der Waals surface area contributed by atoms with Gasteiger partial charge in [0.2, 0.25) is 0 Å². The first-order valence-corrected chi connectivity index (χ1v) is 9.15. The number of anilines is 1. The van der Waals surface area contributed by atoms with Crippen LogP contribution in [-0.4, -0.2) is 18.6 Å². The second-order valence-electron chi connectivity index (χ2n) is 5.03. The number of hydrogen-bond donors (Lipinski definition) is 2. The molecule has 0 bridgehead atoms. The average Bonchev–Trinajstić information content (AvgIpc) is 3.02. The Hall–Kier alpha value is -2.52. The van der Waals surface area contributed by atoms with Gasteiger partial charge in [0.25, 0.3) is 15.6 Å². The van der Waals surface area contributed by atoms with Crippen molar-refractivity contribution in [1.82, 2.24) is 10.2 Å². The maximum atomic E-state index is 13.1. The van der Waals surface area contributed by atoms with Gasteiger partial charge in [-0.2, -0.15) is 5.10 Å². The van der Waals surface area contributed by atoms with Gasteiger partial charge in [-0.15, -0.1) is 11.3 Å². The van der Waals surface area contributed by atoms with Crippen LogP contribution in [0.4, 0.5) is 10.1 Å². The lowest BCUT2D eigenvalue weighted by Gasteiger charge is -2.09. The van der Waals surface area contributed by atoms with E-state index < -0.39 is 15.8 Å². The summed E-state index contributed by atoms with van der Waals surface area (Å²) in [5.41, 5.74) is 1.50. The highest BCUT2D eigenvalue weighted by Crippen LogP contribution is 2.29. The Balaban J connectivity index is 1.90. The number of aromatic amines is 1. The van der Waals surface area contributed by atoms with Crippen LogP contribution in [0.1, 0.15) is 5.56 Å². The largest absolute Gasteiger partial charge is 0.279 e. The molecule has 0 aliphatic heterocycles. The number of benzene rings is 1. The van der Waals surface area contributed by atoms with Crippen LogP contribution in [0.2, 0.25) is 0 Å². The smallest absolute Gasteiger partial charge is 0.271 e. The molecule has 0 spiro atoms. The molecule has 0 amide bonds. The number of aromatic nitrogens is 2. The summed E-state index contributed by atoms with van der Waals surface area (Å²) >= 11 is 1.03. The van der Waals surface area contributed by atoms with Gasteiger partial charge in [-0.25, -0.2) is 17.9 Å². The van der Waals surface area contributed by atoms with Crippen LogP contribution in [0.25, 0.3) is 11.3 Å². The van der Waals surface area contributed by atoms with E-state index in [1.165, 1.54) is 36.4 Å². The molecule has 0 atom stereocenters. The fourth-order valence-electron chi connectivity index (χ4n) is 2.03. The first kappa shape index (κ1) is 16.3. The van der Waals surface area contributed by atoms with Crippen molar-refractivity contribution in [3.8, 4) is 11.3 Å². The zero-order valence-corrected chi connectivity index (χ0v) is 14.0. The Morgan fingerprint density at radius 2 is 2.00 bits per heavy atom. The standard InChI is InChI=1S/C15H12FN3O3S2/c1-9-6-11(16)2-3-12(9)19-24(21,22)15-7-10(8-23-15)13-4-5-14(20)18-17-13/h2-8,19H,1H3,(H,18,20). The minimum atomic E-state index is -3.80. The third kappa shape index (κ3) is 3.36. The normalized spacial score (nSPS) is 11.4. The number of rotatable bonds is 4. The molecule has 0 saturated heterocycles. The molecule has 124 valence electrons. The van der Waals surface area contributed by atoms with Gasteiger partial charge in [-0.05, 0) is 42.8 Å². The predicted octanol–water partition coefficient (Wildman–Crippen LogP) is 2.75. The molecular formula is C15H12FN3O3S2. The van der Waals surface area contributed by atoms with Crippen molar-refractivity contribution in [3.05, 3.63) is 63.5 Å². The zero-order valence-electron chi connectivity index (χ0n) is 12.4. The molecule has 24 heavy (non-hydrogen) atoms. The second-order valence-corrected chi connectivity index (χ2v) is 7.85. The van der Waals surface area contributed by atoms with Crippen LogP contribution in [0.5, 0.6) is 0 Å². The quantitative estimate of drug-likeness (QED) is 0.744. The number of halogens is 1. The van der Waals surface area contributed by atoms with E-state index >= 15 is 0 Å². The van der Waals surface area contributed by atoms with E-state index in [4.69, 9.17) is 0 Å². The number of H-pyrrole nitrogens is 1. The van der Waals surface area contributed by atoms with Crippen LogP contribution < -0.4 is 10.3 Å². The first-order valence-electron chi connectivity index (χ1n) is 6.79. The molecule has 1 aromatic carbocycles. The fourth-order valence-corrected chi connectivity index (χ4v) is 4.34. The van der Waals surface area contributed by atoms with E-state index in [1.807, 2.05) is 0 Å². The Morgan fingerprint density at radius 3 is 2.67 bits per heavy atom. The van der Waals surface area contributed by atoms with Gasteiger partial charge in [-0.1, -0.05) is 0 Å². The Morgan fingerprint density at radius 1 is 1.21 bits per heavy atom. The number of hydrogen-bond acceptors (Lipinski definition) is 5. The Labute approximate surface area is 141 Å². The predicted molar refractivity (Wildman–Crippen MR) is 90.1 cm³/mol. The van der Waals surface area contributed by atoms with E-state index in [1.54, 1.807) is 12.3 Å². The van der Waals surface area contributed by atoms with E-state index in [0.29, 0.717) is 22.5 Å². The van der Waals surface area contributed by atoms with Crippen molar-refractivity contribution < 1.29 is 12.8 Å². The second kappa shape index (κ2) is 6.17. The molecule has 0 unspecified atom stereocenters. The molecule has 3 rings (SSSR count). The summed E-state index contributed by atoms with van der Waals surface area (Å²) in [4.78, 5) is 11.0. The van der Waals surface area contributed by atoms with E-state index in [9.17, 15) is 17.6 Å². The van der Waals surface area contributed by atoms with Crippen LogP contribution in [0.15, 0.2) is 50.8 Å². The summed E-state index contributed by atoms with van der Waals surface area (Å²) in [6, 6.07) is 8.10. The SMILES string of the molecule is Cc1cc(F)ccc1NS(=O)(=O)c1cc(-c2ccc(=O)[nH]n2)cs1. The van der Waals surface area contributed by atoms with Crippen molar-refractivity contribution >= 4 is 27.0 Å². The maximum absolute atomic E-state index is 13.1. The highest BCUT2D eigenvalue weighted by molar-refractivity contribution is 7.94. The molecule has 3 aromatic rings. The summed E-state index contributed by atoms with van der Waals surface area (Å²) in [6.45, 7) is 1.62. The van der Waals surface area contributed by atoms with Gasteiger partial charge in [0, 0.05) is 17.0 Å². The zero-order chi connectivity index (χ0) is 17.3. The molecule has 0 aliphatic rings. The van der Waals surface area contributed by atoms with Gasteiger partial charge < -0.3 is 0 Å². The topological polar surface area (TPSA) is 91.9 Å². The lowest BCUT2D eigenvalue weighted by Crippen LogP contribution is -2.12. The van der Waals surface area contributed by atoms with Crippen molar-refractivity contribution in [3.63, 3.8) is 0 Å². The minimum Gasteiger partial charge on any atom is -0.279 e. The number of nitrogens with one attached hydrogen (secondary N) is 2. The monoisotopic (exact) mass is 365 g/mol. The summed E-state index contributed by atoms with van der Waals surface area (Å²) in [6.07, 6.45) is 0. The average molecular weight is 365 g/mol. The van der Waals surface area contributed by atoms with Crippen LogP contribution >= 0.6 is 11.3 Å². The lowest BCUT2D eigenvalue weighted by molar-refractivity contribution is 0.602. The van der Waals surface area contributed by atoms with Gasteiger partial charge in [0.15, 0.2) is 0 Å². The molecule has 6 nitrogen and oxygen atoms in total. The van der Waals surface area contributed by atoms with Crippen LogP contribution in [0, 0.1) is 12.7 Å². The Kier molecular flexibility index (Phi) is 4.20. The van der Waals surface area contributed by atoms with Gasteiger partial charge in [-0.3, -0.25) is 9.52 Å². The van der Waals surface area contributed by atoms with Crippen molar-refractivity contribution in [1.29, 1.82) is 0 Å². The van der Waals surface area contributed by atoms with Crippen molar-refractivity contribution in [2.45, 2.75) is 11.1 Å². The fraction of sp³-hybridized carbons (Fsp3) is 0.0667. The summed E-state index contributed by atoms with van der Waals surface area (Å²) in [5.74, 6) is -0.432. The molecule has 9 heteroatoms. The molecule has 2 heterocycles. The van der Waals surface area contributed by atoms with E-state index in [-0.39, 0.29) is 9.77 Å². The number of thiophene rings is 1. The number of sulfonamides is 1. The highest BCUT2D eigenvalue weighted by atomic mass is 32.2. The molecular weight excluding hydrogens is 353 g/mol. The van der Waals surface area contributed by atoms with Crippen LogP contribution in [-0.2, 0) is 10.0 Å². The summed E-state index contributed by atoms with van der Waals surface area (Å²) < 4.78 is 40.6. The third-order valence-corrected chi connectivity index (χ3v) is 6.05. The Bertz CT molecular complexity index is 1040. The molecule has 2 N–H and O–H groups in total. The van der Waals surface area contributed by atoms with Crippen LogP contribution in [0.3, 0.4) is 0 Å². The lowest BCUT2D eigenvalue weighted by atomic mass is 10.2. The molecule has 0 saturated carbocycles. The minimum absolute atomic E-state index is 0.0919. The van der Waals surface area contributed by atoms with Gasteiger partial charge >= 0.3 is 0 Å². The highest BCUT2D eigenvalue weighted by Gasteiger charge is 2.19.